The lowest BCUT2D eigenvalue weighted by Gasteiger charge is -2.13. The van der Waals surface area contributed by atoms with Gasteiger partial charge in [0.25, 0.3) is 5.91 Å². The minimum absolute atomic E-state index is 0.0294. The molecule has 1 aliphatic rings. The molecular weight excluding hydrogens is 332 g/mol. The maximum absolute atomic E-state index is 12.3. The molecule has 24 heavy (non-hydrogen) atoms. The molecule has 0 unspecified atom stereocenters. The van der Waals surface area contributed by atoms with Crippen molar-refractivity contribution in [2.75, 3.05) is 26.9 Å². The van der Waals surface area contributed by atoms with E-state index in [9.17, 15) is 13.2 Å². The number of hydrogen-bond acceptors (Lipinski definition) is 5. The summed E-state index contributed by atoms with van der Waals surface area (Å²) in [6.45, 7) is 0.727. The minimum atomic E-state index is -3.51. The summed E-state index contributed by atoms with van der Waals surface area (Å²) in [4.78, 5) is 11.7. The highest BCUT2D eigenvalue weighted by molar-refractivity contribution is 7.89. The average Bonchev–Trinajstić information content (AvgIpc) is 3.06. The number of carbonyl (C=O) groups excluding carboxylic acids is 1. The highest BCUT2D eigenvalue weighted by Gasteiger charge is 2.22. The Bertz CT molecular complexity index is 624. The molecule has 1 saturated carbocycles. The van der Waals surface area contributed by atoms with Gasteiger partial charge >= 0.3 is 0 Å². The van der Waals surface area contributed by atoms with Gasteiger partial charge in [-0.15, -0.1) is 0 Å². The lowest BCUT2D eigenvalue weighted by Crippen LogP contribution is -2.32. The average molecular weight is 356 g/mol. The Morgan fingerprint density at radius 1 is 1.21 bits per heavy atom. The Morgan fingerprint density at radius 2 is 1.88 bits per heavy atom. The van der Waals surface area contributed by atoms with Gasteiger partial charge in [0, 0.05) is 19.7 Å². The van der Waals surface area contributed by atoms with Crippen LogP contribution in [0.4, 0.5) is 0 Å². The molecule has 1 aliphatic carbocycles. The summed E-state index contributed by atoms with van der Waals surface area (Å²) < 4.78 is 37.5. The largest absolute Gasteiger partial charge is 0.484 e. The number of sulfonamides is 1. The van der Waals surface area contributed by atoms with Gasteiger partial charge < -0.3 is 14.8 Å². The smallest absolute Gasteiger partial charge is 0.258 e. The summed E-state index contributed by atoms with van der Waals surface area (Å²) in [6, 6.07) is 6.09. The topological polar surface area (TPSA) is 93.7 Å². The number of rotatable bonds is 9. The van der Waals surface area contributed by atoms with Gasteiger partial charge in [0.05, 0.1) is 11.5 Å². The molecule has 0 heterocycles. The maximum Gasteiger partial charge on any atom is 0.258 e. The van der Waals surface area contributed by atoms with Crippen molar-refractivity contribution >= 4 is 15.9 Å². The first-order valence-corrected chi connectivity index (χ1v) is 9.50. The first kappa shape index (κ1) is 18.7. The molecule has 7 nitrogen and oxygen atoms in total. The molecule has 0 aromatic heterocycles. The lowest BCUT2D eigenvalue weighted by molar-refractivity contribution is -0.123. The molecule has 2 rings (SSSR count). The SMILES string of the molecule is COCCNC(=O)COc1ccc(S(=O)(=O)NC2CCCC2)cc1. The quantitative estimate of drug-likeness (QED) is 0.645. The summed E-state index contributed by atoms with van der Waals surface area (Å²) >= 11 is 0. The number of ether oxygens (including phenoxy) is 2. The van der Waals surface area contributed by atoms with Crippen LogP contribution in [0.15, 0.2) is 29.2 Å². The number of carbonyl (C=O) groups is 1. The van der Waals surface area contributed by atoms with Crippen molar-refractivity contribution in [3.8, 4) is 5.75 Å². The van der Waals surface area contributed by atoms with Crippen molar-refractivity contribution in [2.45, 2.75) is 36.6 Å². The van der Waals surface area contributed by atoms with Crippen LogP contribution in [0, 0.1) is 0 Å². The first-order chi connectivity index (χ1) is 11.5. The van der Waals surface area contributed by atoms with Crippen LogP contribution in [0.2, 0.25) is 0 Å². The van der Waals surface area contributed by atoms with Crippen molar-refractivity contribution in [1.29, 1.82) is 0 Å². The molecule has 1 aromatic rings. The Hall–Kier alpha value is -1.64. The molecule has 0 aliphatic heterocycles. The van der Waals surface area contributed by atoms with Gasteiger partial charge in [-0.2, -0.15) is 0 Å². The van der Waals surface area contributed by atoms with E-state index in [4.69, 9.17) is 9.47 Å². The zero-order valence-corrected chi connectivity index (χ0v) is 14.6. The van der Waals surface area contributed by atoms with Crippen molar-refractivity contribution in [1.82, 2.24) is 10.0 Å². The first-order valence-electron chi connectivity index (χ1n) is 8.02. The fraction of sp³-hybridized carbons (Fsp3) is 0.562. The van der Waals surface area contributed by atoms with E-state index in [1.54, 1.807) is 19.2 Å². The molecule has 2 N–H and O–H groups in total. The van der Waals surface area contributed by atoms with Crippen molar-refractivity contribution < 1.29 is 22.7 Å². The summed E-state index contributed by atoms with van der Waals surface area (Å²) in [5.41, 5.74) is 0. The summed E-state index contributed by atoms with van der Waals surface area (Å²) in [5, 5.41) is 2.64. The zero-order chi connectivity index (χ0) is 17.4. The van der Waals surface area contributed by atoms with E-state index < -0.39 is 10.0 Å². The van der Waals surface area contributed by atoms with E-state index in [0.717, 1.165) is 25.7 Å². The van der Waals surface area contributed by atoms with Gasteiger partial charge in [0.15, 0.2) is 6.61 Å². The summed E-state index contributed by atoms with van der Waals surface area (Å²) in [6.07, 6.45) is 3.90. The summed E-state index contributed by atoms with van der Waals surface area (Å²) in [7, 11) is -1.95. The molecule has 0 bridgehead atoms. The van der Waals surface area contributed by atoms with Gasteiger partial charge in [-0.3, -0.25) is 4.79 Å². The molecule has 0 atom stereocenters. The van der Waals surface area contributed by atoms with E-state index in [-0.39, 0.29) is 23.5 Å². The Morgan fingerprint density at radius 3 is 2.50 bits per heavy atom. The van der Waals surface area contributed by atoms with Crippen molar-refractivity contribution in [2.24, 2.45) is 0 Å². The fourth-order valence-corrected chi connectivity index (χ4v) is 3.84. The molecule has 8 heteroatoms. The Labute approximate surface area is 142 Å². The van der Waals surface area contributed by atoms with Gasteiger partial charge in [-0.25, -0.2) is 13.1 Å². The normalized spacial score (nSPS) is 15.4. The summed E-state index contributed by atoms with van der Waals surface area (Å²) in [5.74, 6) is 0.184. The molecule has 0 radical (unpaired) electrons. The van der Waals surface area contributed by atoms with E-state index in [0.29, 0.717) is 18.9 Å². The van der Waals surface area contributed by atoms with Gasteiger partial charge in [0.1, 0.15) is 5.75 Å². The molecule has 134 valence electrons. The highest BCUT2D eigenvalue weighted by Crippen LogP contribution is 2.21. The maximum atomic E-state index is 12.3. The standard InChI is InChI=1S/C16H24N2O5S/c1-22-11-10-17-16(19)12-23-14-6-8-15(9-7-14)24(20,21)18-13-4-2-3-5-13/h6-9,13,18H,2-5,10-12H2,1H3,(H,17,19). The second-order valence-electron chi connectivity index (χ2n) is 5.71. The van der Waals surface area contributed by atoms with Crippen LogP contribution < -0.4 is 14.8 Å². The van der Waals surface area contributed by atoms with Crippen LogP contribution >= 0.6 is 0 Å². The molecule has 1 fully saturated rings. The lowest BCUT2D eigenvalue weighted by atomic mass is 10.3. The van der Waals surface area contributed by atoms with Gasteiger partial charge in [-0.05, 0) is 37.1 Å². The van der Waals surface area contributed by atoms with Gasteiger partial charge in [-0.1, -0.05) is 12.8 Å². The third-order valence-electron chi connectivity index (χ3n) is 3.81. The van der Waals surface area contributed by atoms with Crippen molar-refractivity contribution in [3.63, 3.8) is 0 Å². The monoisotopic (exact) mass is 356 g/mol. The number of methoxy groups -OCH3 is 1. The third-order valence-corrected chi connectivity index (χ3v) is 5.35. The Balaban J connectivity index is 1.84. The van der Waals surface area contributed by atoms with Crippen LogP contribution in [0.1, 0.15) is 25.7 Å². The van der Waals surface area contributed by atoms with E-state index in [1.807, 2.05) is 0 Å². The molecule has 1 aromatic carbocycles. The molecule has 0 saturated heterocycles. The third kappa shape index (κ3) is 5.77. The second kappa shape index (κ2) is 9.00. The number of benzene rings is 1. The van der Waals surface area contributed by atoms with E-state index >= 15 is 0 Å². The van der Waals surface area contributed by atoms with E-state index in [2.05, 4.69) is 10.0 Å². The molecule has 1 amide bonds. The predicted octanol–water partition coefficient (Wildman–Crippen LogP) is 1.05. The van der Waals surface area contributed by atoms with Crippen LogP contribution in [0.5, 0.6) is 5.75 Å². The van der Waals surface area contributed by atoms with Crippen LogP contribution in [0.25, 0.3) is 0 Å². The van der Waals surface area contributed by atoms with Crippen molar-refractivity contribution in [3.05, 3.63) is 24.3 Å². The highest BCUT2D eigenvalue weighted by atomic mass is 32.2. The second-order valence-corrected chi connectivity index (χ2v) is 7.42. The molecular formula is C16H24N2O5S. The number of hydrogen-bond donors (Lipinski definition) is 2. The number of amides is 1. The van der Waals surface area contributed by atoms with Crippen LogP contribution in [-0.4, -0.2) is 47.2 Å². The van der Waals surface area contributed by atoms with E-state index in [1.165, 1.54) is 12.1 Å². The minimum Gasteiger partial charge on any atom is -0.484 e. The van der Waals surface area contributed by atoms with Crippen LogP contribution in [0.3, 0.4) is 0 Å². The Kier molecular flexibility index (Phi) is 7.01. The van der Waals surface area contributed by atoms with Crippen LogP contribution in [-0.2, 0) is 19.6 Å². The zero-order valence-electron chi connectivity index (χ0n) is 13.8. The number of nitrogens with one attached hydrogen (secondary N) is 2. The molecule has 0 spiro atoms. The van der Waals surface area contributed by atoms with Gasteiger partial charge in [0.2, 0.25) is 10.0 Å². The predicted molar refractivity (Wildman–Crippen MR) is 89.4 cm³/mol. The fourth-order valence-electron chi connectivity index (χ4n) is 2.54.